The van der Waals surface area contributed by atoms with Gasteiger partial charge in [-0.25, -0.2) is 0 Å². The van der Waals surface area contributed by atoms with Gasteiger partial charge >= 0.3 is 0 Å². The second-order valence-electron chi connectivity index (χ2n) is 3.88. The van der Waals surface area contributed by atoms with Crippen LogP contribution in [-0.2, 0) is 0 Å². The summed E-state index contributed by atoms with van der Waals surface area (Å²) >= 11 is 11.9. The molecular weight excluding hydrogens is 252 g/mol. The fourth-order valence-corrected chi connectivity index (χ4v) is 2.36. The quantitative estimate of drug-likeness (QED) is 0.852. The number of nitrogens with two attached hydrogens (primary N) is 1. The first-order chi connectivity index (χ1) is 6.68. The number of rotatable bonds is 2. The van der Waals surface area contributed by atoms with Gasteiger partial charge < -0.3 is 5.73 Å². The van der Waals surface area contributed by atoms with Crippen molar-refractivity contribution in [1.29, 1.82) is 0 Å². The Kier molecular flexibility index (Phi) is 4.72. The highest BCUT2D eigenvalue weighted by Crippen LogP contribution is 2.38. The predicted molar refractivity (Wildman–Crippen MR) is 68.0 cm³/mol. The van der Waals surface area contributed by atoms with Crippen molar-refractivity contribution in [2.45, 2.75) is 25.3 Å². The average molecular weight is 267 g/mol. The molecule has 1 aromatic carbocycles. The molecule has 0 aromatic heterocycles. The Hall–Kier alpha value is 0.0500. The van der Waals surface area contributed by atoms with Crippen molar-refractivity contribution >= 4 is 35.6 Å². The van der Waals surface area contributed by atoms with E-state index >= 15 is 0 Å². The second kappa shape index (κ2) is 5.40. The first-order valence-electron chi connectivity index (χ1n) is 4.89. The van der Waals surface area contributed by atoms with E-state index < -0.39 is 0 Å². The van der Waals surface area contributed by atoms with Crippen LogP contribution in [0, 0.1) is 5.92 Å². The van der Waals surface area contributed by atoms with Gasteiger partial charge in [-0.3, -0.25) is 0 Å². The highest BCUT2D eigenvalue weighted by Gasteiger charge is 2.26. The zero-order valence-corrected chi connectivity index (χ0v) is 10.6. The summed E-state index contributed by atoms with van der Waals surface area (Å²) in [5.41, 5.74) is 7.15. The minimum atomic E-state index is 0. The molecule has 1 atom stereocenters. The molecule has 15 heavy (non-hydrogen) atoms. The summed E-state index contributed by atoms with van der Waals surface area (Å²) in [6.07, 6.45) is 3.74. The zero-order chi connectivity index (χ0) is 10.1. The minimum absolute atomic E-state index is 0. The Morgan fingerprint density at radius 1 is 1.27 bits per heavy atom. The van der Waals surface area contributed by atoms with Crippen LogP contribution in [0.15, 0.2) is 18.2 Å². The molecule has 1 nitrogen and oxygen atoms in total. The molecule has 2 N–H and O–H groups in total. The molecule has 0 aliphatic heterocycles. The van der Waals surface area contributed by atoms with Crippen molar-refractivity contribution in [3.05, 3.63) is 33.8 Å². The predicted octanol–water partition coefficient (Wildman–Crippen LogP) is 4.22. The molecule has 4 heteroatoms. The van der Waals surface area contributed by atoms with Crippen LogP contribution in [0.5, 0.6) is 0 Å². The first kappa shape index (κ1) is 13.1. The molecule has 1 aromatic rings. The molecule has 0 bridgehead atoms. The van der Waals surface area contributed by atoms with E-state index in [0.29, 0.717) is 16.0 Å². The van der Waals surface area contributed by atoms with E-state index in [1.165, 1.54) is 19.3 Å². The van der Waals surface area contributed by atoms with E-state index in [1.807, 2.05) is 12.1 Å². The molecule has 0 unspecified atom stereocenters. The third-order valence-electron chi connectivity index (χ3n) is 2.98. The highest BCUT2D eigenvalue weighted by molar-refractivity contribution is 6.35. The Morgan fingerprint density at radius 3 is 2.40 bits per heavy atom. The molecule has 1 saturated carbocycles. The van der Waals surface area contributed by atoms with E-state index in [-0.39, 0.29) is 18.4 Å². The van der Waals surface area contributed by atoms with E-state index in [0.717, 1.165) is 5.56 Å². The van der Waals surface area contributed by atoms with Gasteiger partial charge in [0.15, 0.2) is 0 Å². The number of hydrogen-bond donors (Lipinski definition) is 1. The van der Waals surface area contributed by atoms with Crippen molar-refractivity contribution in [3.8, 4) is 0 Å². The van der Waals surface area contributed by atoms with Crippen molar-refractivity contribution in [2.75, 3.05) is 0 Å². The van der Waals surface area contributed by atoms with Crippen LogP contribution in [0.3, 0.4) is 0 Å². The molecule has 1 aliphatic carbocycles. The molecule has 0 amide bonds. The fraction of sp³-hybridized carbons (Fsp3) is 0.455. The smallest absolute Gasteiger partial charge is 0.0468 e. The summed E-state index contributed by atoms with van der Waals surface area (Å²) in [7, 11) is 0. The van der Waals surface area contributed by atoms with Gasteiger partial charge in [-0.2, -0.15) is 0 Å². The van der Waals surface area contributed by atoms with Crippen molar-refractivity contribution in [3.63, 3.8) is 0 Å². The molecule has 2 rings (SSSR count). The largest absolute Gasteiger partial charge is 0.324 e. The molecular formula is C11H14Cl3N. The zero-order valence-electron chi connectivity index (χ0n) is 8.25. The topological polar surface area (TPSA) is 26.0 Å². The van der Waals surface area contributed by atoms with E-state index in [1.54, 1.807) is 6.07 Å². The fourth-order valence-electron chi connectivity index (χ4n) is 1.82. The van der Waals surface area contributed by atoms with Gasteiger partial charge in [0.2, 0.25) is 0 Å². The van der Waals surface area contributed by atoms with Crippen molar-refractivity contribution < 1.29 is 0 Å². The van der Waals surface area contributed by atoms with Crippen LogP contribution in [0.1, 0.15) is 30.9 Å². The number of halogens is 3. The maximum atomic E-state index is 6.12. The summed E-state index contributed by atoms with van der Waals surface area (Å²) in [5.74, 6) is 0.605. The summed E-state index contributed by atoms with van der Waals surface area (Å²) in [4.78, 5) is 0. The van der Waals surface area contributed by atoms with Gasteiger partial charge in [-0.05, 0) is 36.5 Å². The van der Waals surface area contributed by atoms with Crippen molar-refractivity contribution in [2.24, 2.45) is 11.7 Å². The summed E-state index contributed by atoms with van der Waals surface area (Å²) in [5, 5.41) is 1.36. The van der Waals surface area contributed by atoms with Gasteiger partial charge in [-0.1, -0.05) is 35.7 Å². The third-order valence-corrected chi connectivity index (χ3v) is 3.54. The van der Waals surface area contributed by atoms with E-state index in [4.69, 9.17) is 28.9 Å². The normalized spacial score (nSPS) is 17.8. The van der Waals surface area contributed by atoms with Gasteiger partial charge in [0.05, 0.1) is 0 Å². The van der Waals surface area contributed by atoms with Crippen molar-refractivity contribution in [1.82, 2.24) is 0 Å². The molecule has 1 fully saturated rings. The Morgan fingerprint density at radius 2 is 1.93 bits per heavy atom. The van der Waals surface area contributed by atoms with Crippen LogP contribution in [-0.4, -0.2) is 0 Å². The maximum Gasteiger partial charge on any atom is 0.0468 e. The summed E-state index contributed by atoms with van der Waals surface area (Å²) in [6, 6.07) is 5.62. The lowest BCUT2D eigenvalue weighted by atomic mass is 9.77. The lowest BCUT2D eigenvalue weighted by molar-refractivity contribution is 0.264. The molecule has 1 aliphatic rings. The van der Waals surface area contributed by atoms with E-state index in [9.17, 15) is 0 Å². The van der Waals surface area contributed by atoms with Crippen LogP contribution >= 0.6 is 35.6 Å². The van der Waals surface area contributed by atoms with Gasteiger partial charge in [0.25, 0.3) is 0 Å². The molecule has 0 saturated heterocycles. The Balaban J connectivity index is 0.00000112. The van der Waals surface area contributed by atoms with Crippen LogP contribution < -0.4 is 5.73 Å². The second-order valence-corrected chi connectivity index (χ2v) is 4.73. The molecule has 0 spiro atoms. The van der Waals surface area contributed by atoms with Crippen LogP contribution in [0.25, 0.3) is 0 Å². The SMILES string of the molecule is Cl.N[C@H](c1ccc(Cl)cc1Cl)C1CCC1. The first-order valence-corrected chi connectivity index (χ1v) is 5.64. The highest BCUT2D eigenvalue weighted by atomic mass is 35.5. The average Bonchev–Trinajstić information content (AvgIpc) is 2.00. The minimum Gasteiger partial charge on any atom is -0.324 e. The molecule has 0 heterocycles. The Labute approximate surface area is 106 Å². The van der Waals surface area contributed by atoms with Gasteiger partial charge in [-0.15, -0.1) is 12.4 Å². The molecule has 0 radical (unpaired) electrons. The molecule has 84 valence electrons. The van der Waals surface area contributed by atoms with E-state index in [2.05, 4.69) is 0 Å². The lowest BCUT2D eigenvalue weighted by Gasteiger charge is -2.31. The monoisotopic (exact) mass is 265 g/mol. The van der Waals surface area contributed by atoms with Crippen LogP contribution in [0.4, 0.5) is 0 Å². The summed E-state index contributed by atoms with van der Waals surface area (Å²) < 4.78 is 0. The lowest BCUT2D eigenvalue weighted by Crippen LogP contribution is -2.27. The Bertz CT molecular complexity index is 337. The maximum absolute atomic E-state index is 6.12. The number of hydrogen-bond acceptors (Lipinski definition) is 1. The van der Waals surface area contributed by atoms with Gasteiger partial charge in [0.1, 0.15) is 0 Å². The summed E-state index contributed by atoms with van der Waals surface area (Å²) in [6.45, 7) is 0. The third kappa shape index (κ3) is 2.79. The van der Waals surface area contributed by atoms with Gasteiger partial charge in [0, 0.05) is 16.1 Å². The standard InChI is InChI=1S/C11H13Cl2N.ClH/c12-8-4-5-9(10(13)6-8)11(14)7-2-1-3-7;/h4-7,11H,1-3,14H2;1H/t11-;/m0./s1. The van der Waals surface area contributed by atoms with Crippen LogP contribution in [0.2, 0.25) is 10.0 Å². The number of benzene rings is 1.